The number of rotatable bonds is 7. The molecule has 0 unspecified atom stereocenters. The van der Waals surface area contributed by atoms with E-state index in [9.17, 15) is 24.0 Å². The summed E-state index contributed by atoms with van der Waals surface area (Å²) >= 11 is 0. The molecule has 1 aliphatic rings. The Morgan fingerprint density at radius 3 is 2.05 bits per heavy atom. The van der Waals surface area contributed by atoms with Gasteiger partial charge in [0.25, 0.3) is 23.6 Å². The average molecular weight is 544 g/mol. The number of ether oxygens (including phenoxy) is 2. The molecule has 0 atom stereocenters. The standard InChI is InChI=1S/C30H29N3O7/c1-5-39-29(38)40-22-13-8-19(9-14-22)26(35)32-21-11-6-18(7-12-21)17-31-25(34)20-10-15-23-24(16-20)28(37)33(27(23)36)30(2,3)4/h6-16H,5,17H2,1-4H3,(H,31,34)(H,32,35). The van der Waals surface area contributed by atoms with E-state index in [1.54, 1.807) is 52.0 Å². The van der Waals surface area contributed by atoms with Gasteiger partial charge in [-0.3, -0.25) is 24.1 Å². The van der Waals surface area contributed by atoms with Gasteiger partial charge in [0.15, 0.2) is 0 Å². The van der Waals surface area contributed by atoms with E-state index in [1.807, 2.05) is 0 Å². The first-order chi connectivity index (χ1) is 19.0. The van der Waals surface area contributed by atoms with Crippen LogP contribution in [0.1, 0.15) is 74.7 Å². The number of imide groups is 1. The van der Waals surface area contributed by atoms with E-state index >= 15 is 0 Å². The Hall–Kier alpha value is -4.99. The van der Waals surface area contributed by atoms with Crippen LogP contribution in [0.3, 0.4) is 0 Å². The number of carbonyl (C=O) groups excluding carboxylic acids is 5. The van der Waals surface area contributed by atoms with Crippen LogP contribution in [0, 0.1) is 0 Å². The zero-order chi connectivity index (χ0) is 29.0. The molecule has 0 fully saturated rings. The molecule has 0 aromatic heterocycles. The maximum absolute atomic E-state index is 12.8. The molecular weight excluding hydrogens is 514 g/mol. The van der Waals surface area contributed by atoms with Crippen LogP contribution in [0.5, 0.6) is 5.75 Å². The molecular formula is C30H29N3O7. The summed E-state index contributed by atoms with van der Waals surface area (Å²) in [5.41, 5.74) is 1.82. The minimum Gasteiger partial charge on any atom is -0.434 e. The van der Waals surface area contributed by atoms with Crippen molar-refractivity contribution in [1.82, 2.24) is 10.2 Å². The lowest BCUT2D eigenvalue weighted by Gasteiger charge is -2.29. The second-order valence-corrected chi connectivity index (χ2v) is 10.0. The molecule has 1 heterocycles. The summed E-state index contributed by atoms with van der Waals surface area (Å²) < 4.78 is 9.69. The number of nitrogens with one attached hydrogen (secondary N) is 2. The number of nitrogens with zero attached hydrogens (tertiary/aromatic N) is 1. The van der Waals surface area contributed by atoms with Crippen molar-refractivity contribution in [3.8, 4) is 5.75 Å². The van der Waals surface area contributed by atoms with Gasteiger partial charge in [-0.15, -0.1) is 0 Å². The lowest BCUT2D eigenvalue weighted by Crippen LogP contribution is -2.45. The number of amides is 4. The summed E-state index contributed by atoms with van der Waals surface area (Å²) in [6.07, 6.45) is -0.817. The van der Waals surface area contributed by atoms with Crippen molar-refractivity contribution in [3.63, 3.8) is 0 Å². The summed E-state index contributed by atoms with van der Waals surface area (Å²) in [6, 6.07) is 17.5. The first kappa shape index (κ1) is 28.0. The van der Waals surface area contributed by atoms with Crippen molar-refractivity contribution in [2.45, 2.75) is 39.8 Å². The van der Waals surface area contributed by atoms with E-state index in [0.717, 1.165) is 5.56 Å². The smallest absolute Gasteiger partial charge is 0.434 e. The number of hydrogen-bond acceptors (Lipinski definition) is 7. The van der Waals surface area contributed by atoms with E-state index in [0.29, 0.717) is 11.3 Å². The van der Waals surface area contributed by atoms with Crippen LogP contribution in [0.15, 0.2) is 66.7 Å². The monoisotopic (exact) mass is 543 g/mol. The molecule has 3 aromatic carbocycles. The van der Waals surface area contributed by atoms with Crippen molar-refractivity contribution < 1.29 is 33.4 Å². The highest BCUT2D eigenvalue weighted by Gasteiger charge is 2.42. The van der Waals surface area contributed by atoms with Gasteiger partial charge in [0.05, 0.1) is 17.7 Å². The summed E-state index contributed by atoms with van der Waals surface area (Å²) in [6.45, 7) is 7.42. The molecule has 10 heteroatoms. The number of anilines is 1. The highest BCUT2D eigenvalue weighted by atomic mass is 16.7. The number of carbonyl (C=O) groups is 5. The molecule has 0 aliphatic carbocycles. The van der Waals surface area contributed by atoms with E-state index in [1.165, 1.54) is 47.4 Å². The van der Waals surface area contributed by atoms with Crippen molar-refractivity contribution in [2.24, 2.45) is 0 Å². The quantitative estimate of drug-likeness (QED) is 0.249. The molecule has 1 aliphatic heterocycles. The molecule has 0 radical (unpaired) electrons. The average Bonchev–Trinajstić information content (AvgIpc) is 3.17. The Bertz CT molecular complexity index is 1470. The van der Waals surface area contributed by atoms with Crippen LogP contribution in [-0.4, -0.2) is 46.8 Å². The lowest BCUT2D eigenvalue weighted by atomic mass is 10.1. The highest BCUT2D eigenvalue weighted by Crippen LogP contribution is 2.30. The molecule has 206 valence electrons. The molecule has 3 aromatic rings. The van der Waals surface area contributed by atoms with Crippen LogP contribution in [-0.2, 0) is 11.3 Å². The van der Waals surface area contributed by atoms with Gasteiger partial charge in [0.1, 0.15) is 5.75 Å². The summed E-state index contributed by atoms with van der Waals surface area (Å²) in [5, 5.41) is 5.59. The van der Waals surface area contributed by atoms with Crippen molar-refractivity contribution in [2.75, 3.05) is 11.9 Å². The van der Waals surface area contributed by atoms with Crippen LogP contribution in [0.4, 0.5) is 10.5 Å². The van der Waals surface area contributed by atoms with E-state index in [4.69, 9.17) is 9.47 Å². The van der Waals surface area contributed by atoms with Crippen LogP contribution < -0.4 is 15.4 Å². The summed E-state index contributed by atoms with van der Waals surface area (Å²) in [5.74, 6) is -1.26. The molecule has 0 spiro atoms. The molecule has 0 saturated carbocycles. The van der Waals surface area contributed by atoms with Gasteiger partial charge in [0.2, 0.25) is 0 Å². The maximum atomic E-state index is 12.8. The molecule has 2 N–H and O–H groups in total. The fraction of sp³-hybridized carbons (Fsp3) is 0.233. The van der Waals surface area contributed by atoms with Crippen LogP contribution >= 0.6 is 0 Å². The molecule has 4 amide bonds. The number of hydrogen-bond donors (Lipinski definition) is 2. The Kier molecular flexibility index (Phi) is 7.99. The van der Waals surface area contributed by atoms with Gasteiger partial charge in [-0.05, 0) is 87.9 Å². The largest absolute Gasteiger partial charge is 0.513 e. The SMILES string of the molecule is CCOC(=O)Oc1ccc(C(=O)Nc2ccc(CNC(=O)c3ccc4c(c3)C(=O)N(C(C)(C)C)C4=O)cc2)cc1. The third-order valence-corrected chi connectivity index (χ3v) is 6.06. The Labute approximate surface area is 231 Å². The maximum Gasteiger partial charge on any atom is 0.513 e. The van der Waals surface area contributed by atoms with Crippen molar-refractivity contribution in [3.05, 3.63) is 94.5 Å². The summed E-state index contributed by atoms with van der Waals surface area (Å²) in [7, 11) is 0. The molecule has 0 bridgehead atoms. The minimum atomic E-state index is -0.817. The Balaban J connectivity index is 1.32. The Morgan fingerprint density at radius 1 is 0.800 bits per heavy atom. The molecule has 4 rings (SSSR count). The highest BCUT2D eigenvalue weighted by molar-refractivity contribution is 6.22. The van der Waals surface area contributed by atoms with Gasteiger partial charge in [-0.25, -0.2) is 4.79 Å². The second-order valence-electron chi connectivity index (χ2n) is 10.0. The van der Waals surface area contributed by atoms with E-state index < -0.39 is 17.6 Å². The zero-order valence-corrected chi connectivity index (χ0v) is 22.6. The van der Waals surface area contributed by atoms with Gasteiger partial charge in [-0.1, -0.05) is 12.1 Å². The number of fused-ring (bicyclic) bond motifs is 1. The summed E-state index contributed by atoms with van der Waals surface area (Å²) in [4.78, 5) is 63.4. The van der Waals surface area contributed by atoms with Gasteiger partial charge in [-0.2, -0.15) is 0 Å². The van der Waals surface area contributed by atoms with Crippen LogP contribution in [0.25, 0.3) is 0 Å². The Morgan fingerprint density at radius 2 is 1.43 bits per heavy atom. The predicted molar refractivity (Wildman–Crippen MR) is 146 cm³/mol. The van der Waals surface area contributed by atoms with Crippen molar-refractivity contribution >= 4 is 35.5 Å². The predicted octanol–water partition coefficient (Wildman–Crippen LogP) is 4.80. The zero-order valence-electron chi connectivity index (χ0n) is 22.6. The molecule has 40 heavy (non-hydrogen) atoms. The number of benzene rings is 3. The normalized spacial score (nSPS) is 12.6. The topological polar surface area (TPSA) is 131 Å². The molecule has 10 nitrogen and oxygen atoms in total. The first-order valence-electron chi connectivity index (χ1n) is 12.6. The first-order valence-corrected chi connectivity index (χ1v) is 12.6. The van der Waals surface area contributed by atoms with Crippen molar-refractivity contribution in [1.29, 1.82) is 0 Å². The van der Waals surface area contributed by atoms with Gasteiger partial charge < -0.3 is 20.1 Å². The third-order valence-electron chi connectivity index (χ3n) is 6.06. The fourth-order valence-corrected chi connectivity index (χ4v) is 4.10. The third kappa shape index (κ3) is 6.17. The lowest BCUT2D eigenvalue weighted by molar-refractivity contribution is 0.0507. The van der Waals surface area contributed by atoms with E-state index in [2.05, 4.69) is 10.6 Å². The second kappa shape index (κ2) is 11.4. The van der Waals surface area contributed by atoms with Gasteiger partial charge >= 0.3 is 6.16 Å². The van der Waals surface area contributed by atoms with Crippen LogP contribution in [0.2, 0.25) is 0 Å². The van der Waals surface area contributed by atoms with Gasteiger partial charge in [0, 0.05) is 28.9 Å². The molecule has 0 saturated heterocycles. The fourth-order valence-electron chi connectivity index (χ4n) is 4.10. The minimum absolute atomic E-state index is 0.196. The van der Waals surface area contributed by atoms with E-state index in [-0.39, 0.29) is 53.3 Å².